The number of benzene rings is 2. The number of carbonyl (C=O) groups excluding carboxylic acids is 3. The van der Waals surface area contributed by atoms with Crippen molar-refractivity contribution >= 4 is 23.7 Å². The number of phenols is 1. The molecule has 2 aromatic rings. The molecule has 10 nitrogen and oxygen atoms in total. The molecule has 0 saturated carbocycles. The van der Waals surface area contributed by atoms with Crippen molar-refractivity contribution in [3.63, 3.8) is 0 Å². The second kappa shape index (κ2) is 13.0. The molecule has 0 radical (unpaired) electrons. The molecule has 4 unspecified atom stereocenters. The first-order chi connectivity index (χ1) is 18.1. The molecule has 10 heteroatoms. The number of nitrogens with zero attached hydrogens (tertiary/aromatic N) is 1. The molecule has 4 atom stereocenters. The van der Waals surface area contributed by atoms with Crippen LogP contribution < -0.4 is 16.4 Å². The molecule has 1 aliphatic heterocycles. The van der Waals surface area contributed by atoms with E-state index in [-0.39, 0.29) is 24.0 Å². The van der Waals surface area contributed by atoms with Gasteiger partial charge in [0.05, 0.1) is 6.04 Å². The van der Waals surface area contributed by atoms with Gasteiger partial charge in [-0.1, -0.05) is 56.3 Å². The number of nitrogens with two attached hydrogens (primary N) is 1. The number of rotatable bonds is 11. The number of carbonyl (C=O) groups is 4. The van der Waals surface area contributed by atoms with Gasteiger partial charge in [-0.2, -0.15) is 0 Å². The second-order valence-electron chi connectivity index (χ2n) is 9.99. The fourth-order valence-corrected chi connectivity index (χ4v) is 4.59. The highest BCUT2D eigenvalue weighted by Crippen LogP contribution is 2.20. The van der Waals surface area contributed by atoms with Gasteiger partial charge >= 0.3 is 5.97 Å². The van der Waals surface area contributed by atoms with E-state index in [0.717, 1.165) is 5.56 Å². The van der Waals surface area contributed by atoms with E-state index in [1.807, 2.05) is 30.3 Å². The summed E-state index contributed by atoms with van der Waals surface area (Å²) in [5, 5.41) is 24.4. The fourth-order valence-electron chi connectivity index (χ4n) is 4.59. The van der Waals surface area contributed by atoms with Crippen molar-refractivity contribution in [3.05, 3.63) is 65.7 Å². The van der Waals surface area contributed by atoms with Crippen LogP contribution in [-0.2, 0) is 32.0 Å². The van der Waals surface area contributed by atoms with Crippen LogP contribution in [0.15, 0.2) is 54.6 Å². The Bertz CT molecular complexity index is 1120. The van der Waals surface area contributed by atoms with Crippen LogP contribution in [0.4, 0.5) is 0 Å². The SMILES string of the molecule is CC(C)C(NC(=O)C1CCCN1C(=O)C(N)Cc1ccccc1)C(=O)NC(Cc1ccc(O)cc1)C(=O)O. The largest absolute Gasteiger partial charge is 0.508 e. The van der Waals surface area contributed by atoms with E-state index in [0.29, 0.717) is 31.4 Å². The minimum Gasteiger partial charge on any atom is -0.508 e. The van der Waals surface area contributed by atoms with Gasteiger partial charge < -0.3 is 31.5 Å². The van der Waals surface area contributed by atoms with Crippen molar-refractivity contribution in [2.45, 2.75) is 63.7 Å². The topological polar surface area (TPSA) is 162 Å². The Hall–Kier alpha value is -3.92. The van der Waals surface area contributed by atoms with Crippen molar-refractivity contribution < 1.29 is 29.4 Å². The molecule has 3 rings (SSSR count). The molecule has 0 spiro atoms. The minimum absolute atomic E-state index is 0.00429. The van der Waals surface area contributed by atoms with Crippen LogP contribution in [0.1, 0.15) is 37.8 Å². The summed E-state index contributed by atoms with van der Waals surface area (Å²) in [5.74, 6) is -2.93. The van der Waals surface area contributed by atoms with Crippen LogP contribution in [0.2, 0.25) is 0 Å². The first kappa shape index (κ1) is 28.6. The molecule has 3 amide bonds. The van der Waals surface area contributed by atoms with E-state index in [2.05, 4.69) is 10.6 Å². The van der Waals surface area contributed by atoms with Crippen LogP contribution in [0, 0.1) is 5.92 Å². The highest BCUT2D eigenvalue weighted by molar-refractivity contribution is 5.94. The summed E-state index contributed by atoms with van der Waals surface area (Å²) in [4.78, 5) is 52.7. The molecule has 204 valence electrons. The third-order valence-corrected chi connectivity index (χ3v) is 6.69. The molecular weight excluding hydrogens is 488 g/mol. The van der Waals surface area contributed by atoms with Crippen molar-refractivity contribution in [1.82, 2.24) is 15.5 Å². The lowest BCUT2D eigenvalue weighted by Gasteiger charge is -2.29. The highest BCUT2D eigenvalue weighted by Gasteiger charge is 2.38. The van der Waals surface area contributed by atoms with Crippen LogP contribution in [-0.4, -0.2) is 69.5 Å². The smallest absolute Gasteiger partial charge is 0.326 e. The maximum absolute atomic E-state index is 13.2. The quantitative estimate of drug-likeness (QED) is 0.295. The van der Waals surface area contributed by atoms with Gasteiger partial charge in [-0.3, -0.25) is 14.4 Å². The first-order valence-electron chi connectivity index (χ1n) is 12.8. The number of phenolic OH excluding ortho intramolecular Hbond substituents is 1. The number of likely N-dealkylation sites (tertiary alicyclic amines) is 1. The Balaban J connectivity index is 1.64. The predicted octanol–water partition coefficient (Wildman–Crippen LogP) is 1.21. The summed E-state index contributed by atoms with van der Waals surface area (Å²) in [6, 6.07) is 11.6. The molecule has 0 bridgehead atoms. The third kappa shape index (κ3) is 7.55. The lowest BCUT2D eigenvalue weighted by Crippen LogP contribution is -2.58. The van der Waals surface area contributed by atoms with Gasteiger partial charge in [-0.05, 0) is 48.4 Å². The Labute approximate surface area is 222 Å². The maximum Gasteiger partial charge on any atom is 0.326 e. The zero-order valence-electron chi connectivity index (χ0n) is 21.7. The van der Waals surface area contributed by atoms with E-state index in [1.54, 1.807) is 26.0 Å². The standard InChI is InChI=1S/C28H36N4O6/c1-17(2)24(26(35)30-22(28(37)38)16-19-10-12-20(33)13-11-19)31-25(34)23-9-6-14-32(23)27(36)21(29)15-18-7-4-3-5-8-18/h3-5,7-8,10-13,17,21-24,33H,6,9,14-16,29H2,1-2H3,(H,30,35)(H,31,34)(H,37,38). The molecule has 1 fully saturated rings. The zero-order chi connectivity index (χ0) is 27.8. The molecule has 38 heavy (non-hydrogen) atoms. The number of amides is 3. The van der Waals surface area contributed by atoms with Gasteiger partial charge in [-0.15, -0.1) is 0 Å². The van der Waals surface area contributed by atoms with E-state index in [9.17, 15) is 29.4 Å². The van der Waals surface area contributed by atoms with Gasteiger partial charge in [-0.25, -0.2) is 4.79 Å². The summed E-state index contributed by atoms with van der Waals surface area (Å²) in [7, 11) is 0. The summed E-state index contributed by atoms with van der Waals surface area (Å²) in [6.07, 6.45) is 1.43. The molecular formula is C28H36N4O6. The lowest BCUT2D eigenvalue weighted by atomic mass is 10.0. The summed E-state index contributed by atoms with van der Waals surface area (Å²) >= 11 is 0. The van der Waals surface area contributed by atoms with Crippen molar-refractivity contribution in [3.8, 4) is 5.75 Å². The van der Waals surface area contributed by atoms with Crippen molar-refractivity contribution in [2.24, 2.45) is 11.7 Å². The second-order valence-corrected chi connectivity index (χ2v) is 9.99. The van der Waals surface area contributed by atoms with Gasteiger partial charge in [0.15, 0.2) is 0 Å². The van der Waals surface area contributed by atoms with Gasteiger partial charge in [0.1, 0.15) is 23.9 Å². The van der Waals surface area contributed by atoms with E-state index in [4.69, 9.17) is 5.73 Å². The Morgan fingerprint density at radius 3 is 2.21 bits per heavy atom. The number of carboxylic acid groups (broad SMARTS) is 1. The fraction of sp³-hybridized carbons (Fsp3) is 0.429. The number of aliphatic carboxylic acids is 1. The van der Waals surface area contributed by atoms with E-state index in [1.165, 1.54) is 17.0 Å². The van der Waals surface area contributed by atoms with Crippen molar-refractivity contribution in [1.29, 1.82) is 0 Å². The first-order valence-corrected chi connectivity index (χ1v) is 12.8. The number of aromatic hydroxyl groups is 1. The Morgan fingerprint density at radius 2 is 1.61 bits per heavy atom. The Kier molecular flexibility index (Phi) is 9.84. The number of hydrogen-bond acceptors (Lipinski definition) is 6. The number of nitrogens with one attached hydrogen (secondary N) is 2. The monoisotopic (exact) mass is 524 g/mol. The van der Waals surface area contributed by atoms with Crippen LogP contribution in [0.3, 0.4) is 0 Å². The molecule has 0 aliphatic carbocycles. The van der Waals surface area contributed by atoms with Crippen LogP contribution in [0.25, 0.3) is 0 Å². The number of carboxylic acids is 1. The van der Waals surface area contributed by atoms with E-state index < -0.39 is 42.0 Å². The zero-order valence-corrected chi connectivity index (χ0v) is 21.7. The summed E-state index contributed by atoms with van der Waals surface area (Å²) in [6.45, 7) is 3.88. The van der Waals surface area contributed by atoms with E-state index >= 15 is 0 Å². The molecule has 2 aromatic carbocycles. The molecule has 0 aromatic heterocycles. The average Bonchev–Trinajstić information content (AvgIpc) is 3.38. The van der Waals surface area contributed by atoms with Gasteiger partial charge in [0, 0.05) is 13.0 Å². The van der Waals surface area contributed by atoms with Gasteiger partial charge in [0.25, 0.3) is 0 Å². The molecule has 6 N–H and O–H groups in total. The van der Waals surface area contributed by atoms with Crippen molar-refractivity contribution in [2.75, 3.05) is 6.54 Å². The Morgan fingerprint density at radius 1 is 0.974 bits per heavy atom. The molecule has 1 aliphatic rings. The normalized spacial score (nSPS) is 17.5. The minimum atomic E-state index is -1.23. The summed E-state index contributed by atoms with van der Waals surface area (Å²) < 4.78 is 0. The summed E-state index contributed by atoms with van der Waals surface area (Å²) in [5.41, 5.74) is 7.73. The van der Waals surface area contributed by atoms with Gasteiger partial charge in [0.2, 0.25) is 17.7 Å². The maximum atomic E-state index is 13.2. The molecule has 1 heterocycles. The lowest BCUT2D eigenvalue weighted by molar-refractivity contribution is -0.143. The number of hydrogen-bond donors (Lipinski definition) is 5. The highest BCUT2D eigenvalue weighted by atomic mass is 16.4. The predicted molar refractivity (Wildman–Crippen MR) is 141 cm³/mol. The van der Waals surface area contributed by atoms with Crippen LogP contribution >= 0.6 is 0 Å². The van der Waals surface area contributed by atoms with Crippen LogP contribution in [0.5, 0.6) is 5.75 Å². The molecule has 1 saturated heterocycles. The third-order valence-electron chi connectivity index (χ3n) is 6.69. The average molecular weight is 525 g/mol.